The van der Waals surface area contributed by atoms with Crippen LogP contribution in [0.15, 0.2) is 18.3 Å². The van der Waals surface area contributed by atoms with Crippen LogP contribution in [0.2, 0.25) is 5.28 Å². The maximum atomic E-state index is 12.5. The molecule has 2 saturated heterocycles. The summed E-state index contributed by atoms with van der Waals surface area (Å²) in [6.07, 6.45) is 5.63. The third-order valence-corrected chi connectivity index (χ3v) is 7.60. The maximum absolute atomic E-state index is 12.5. The summed E-state index contributed by atoms with van der Waals surface area (Å²) in [6, 6.07) is 0. The van der Waals surface area contributed by atoms with Crippen LogP contribution in [-0.4, -0.2) is 73.6 Å². The van der Waals surface area contributed by atoms with E-state index in [1.54, 1.807) is 10.9 Å². The van der Waals surface area contributed by atoms with E-state index in [1.165, 1.54) is 32.1 Å². The Balaban J connectivity index is 1.30. The van der Waals surface area contributed by atoms with Crippen molar-refractivity contribution in [1.29, 1.82) is 0 Å². The number of halogens is 1. The molecule has 0 bridgehead atoms. The van der Waals surface area contributed by atoms with Crippen LogP contribution in [0.3, 0.4) is 0 Å². The van der Waals surface area contributed by atoms with Gasteiger partial charge >= 0.3 is 7.60 Å². The van der Waals surface area contributed by atoms with Crippen molar-refractivity contribution in [1.82, 2.24) is 19.7 Å². The van der Waals surface area contributed by atoms with Crippen molar-refractivity contribution in [2.75, 3.05) is 30.9 Å². The summed E-state index contributed by atoms with van der Waals surface area (Å²) in [5.74, 6) is 0.405. The lowest BCUT2D eigenvalue weighted by Gasteiger charge is -2.53. The van der Waals surface area contributed by atoms with Crippen LogP contribution in [0, 0.1) is 5.41 Å². The number of Topliss-reactive ketones (excluding diaryl/α,β-unsaturated/α-hetero) is 1. The Hall–Kier alpha value is -1.88. The fraction of sp³-hybridized carbons (Fsp3) is 0.619. The van der Waals surface area contributed by atoms with Gasteiger partial charge in [0.05, 0.1) is 24.7 Å². The molecule has 1 aliphatic carbocycles. The maximum Gasteiger partial charge on any atom is 0.350 e. The Bertz CT molecular complexity index is 1170. The number of hydrogen-bond acceptors (Lipinski definition) is 8. The molecule has 34 heavy (non-hydrogen) atoms. The normalized spacial score (nSPS) is 24.9. The van der Waals surface area contributed by atoms with Crippen molar-refractivity contribution in [3.8, 4) is 0 Å². The quantitative estimate of drug-likeness (QED) is 0.323. The Morgan fingerprint density at radius 3 is 2.68 bits per heavy atom. The van der Waals surface area contributed by atoms with Crippen LogP contribution in [0.25, 0.3) is 11.0 Å². The second-order valence-corrected chi connectivity index (χ2v) is 11.4. The fourth-order valence-corrected chi connectivity index (χ4v) is 5.74. The first-order valence-corrected chi connectivity index (χ1v) is 13.5. The zero-order valence-electron chi connectivity index (χ0n) is 18.6. The van der Waals surface area contributed by atoms with Crippen molar-refractivity contribution in [3.63, 3.8) is 0 Å². The monoisotopic (exact) mass is 511 g/mol. The molecule has 1 saturated carbocycles. The first kappa shape index (κ1) is 23.8. The Kier molecular flexibility index (Phi) is 6.29. The summed E-state index contributed by atoms with van der Waals surface area (Å²) in [6.45, 7) is 5.64. The van der Waals surface area contributed by atoms with Gasteiger partial charge in [-0.15, -0.1) is 0 Å². The van der Waals surface area contributed by atoms with Gasteiger partial charge in [0.15, 0.2) is 11.4 Å². The molecule has 184 valence electrons. The van der Waals surface area contributed by atoms with Gasteiger partial charge in [0.25, 0.3) is 0 Å². The highest BCUT2D eigenvalue weighted by atomic mass is 35.5. The lowest BCUT2D eigenvalue weighted by molar-refractivity contribution is -0.124. The van der Waals surface area contributed by atoms with E-state index >= 15 is 0 Å². The van der Waals surface area contributed by atoms with Crippen LogP contribution in [0.4, 0.5) is 5.82 Å². The number of aromatic nitrogens is 4. The summed E-state index contributed by atoms with van der Waals surface area (Å²) in [7, 11) is -4.33. The van der Waals surface area contributed by atoms with Gasteiger partial charge in [0.1, 0.15) is 24.4 Å². The number of ether oxygens (including phenoxy) is 2. The lowest BCUT2D eigenvalue weighted by atomic mass is 9.68. The van der Waals surface area contributed by atoms with Crippen molar-refractivity contribution in [2.24, 2.45) is 5.41 Å². The molecule has 2 atom stereocenters. The van der Waals surface area contributed by atoms with E-state index in [0.717, 1.165) is 24.3 Å². The molecule has 0 amide bonds. The van der Waals surface area contributed by atoms with Gasteiger partial charge in [-0.3, -0.25) is 9.36 Å². The highest BCUT2D eigenvalue weighted by Crippen LogP contribution is 2.46. The standard InChI is InChI=1S/C21H27ClN5O6P/c1-13-15(33-16(17(13)28)9-32-12-34(29,30)31)8-27-19-14(7-23-27)18(24-20(22)25-19)26-10-21(11-26)5-3-2-4-6-21/h7,15-16H,1-6,8-12H2,(H2,29,30,31)/t15-,16-/m1/s1. The zero-order valence-corrected chi connectivity index (χ0v) is 20.2. The number of carbonyl (C=O) groups excluding carboxylic acids is 1. The molecule has 0 aromatic carbocycles. The van der Waals surface area contributed by atoms with Crippen molar-refractivity contribution >= 4 is 41.8 Å². The largest absolute Gasteiger partial charge is 0.366 e. The summed E-state index contributed by atoms with van der Waals surface area (Å²) in [5.41, 5.74) is 1.17. The van der Waals surface area contributed by atoms with Crippen LogP contribution in [0.5, 0.6) is 0 Å². The summed E-state index contributed by atoms with van der Waals surface area (Å²) in [4.78, 5) is 41.4. The topological polar surface area (TPSA) is 140 Å². The van der Waals surface area contributed by atoms with Crippen molar-refractivity contribution in [3.05, 3.63) is 23.6 Å². The lowest BCUT2D eigenvalue weighted by Crippen LogP contribution is -2.57. The SMILES string of the molecule is C=C1C(=O)[C@@H](COCP(=O)(O)O)O[C@@H]1Cn1ncc2c(N3CC4(CCCCC4)C3)nc(Cl)nc21. The van der Waals surface area contributed by atoms with Crippen LogP contribution >= 0.6 is 19.2 Å². The molecule has 2 N–H and O–H groups in total. The third-order valence-electron chi connectivity index (χ3n) is 6.91. The van der Waals surface area contributed by atoms with Gasteiger partial charge in [-0.1, -0.05) is 25.8 Å². The second kappa shape index (κ2) is 8.96. The number of carbonyl (C=O) groups is 1. The van der Waals surface area contributed by atoms with E-state index in [4.69, 9.17) is 30.9 Å². The van der Waals surface area contributed by atoms with Crippen molar-refractivity contribution < 1.29 is 28.6 Å². The molecule has 4 heterocycles. The molecular formula is C21H27ClN5O6P. The van der Waals surface area contributed by atoms with Crippen molar-refractivity contribution in [2.45, 2.75) is 50.9 Å². The molecular weight excluding hydrogens is 485 g/mol. The highest BCUT2D eigenvalue weighted by molar-refractivity contribution is 7.51. The highest BCUT2D eigenvalue weighted by Gasteiger charge is 2.44. The third kappa shape index (κ3) is 4.65. The Labute approximate surface area is 201 Å². The van der Waals surface area contributed by atoms with Crippen LogP contribution in [0.1, 0.15) is 32.1 Å². The molecule has 0 unspecified atom stereocenters. The molecule has 3 fully saturated rings. The van der Waals surface area contributed by atoms with Crippen LogP contribution in [-0.2, 0) is 25.4 Å². The molecule has 2 aromatic heterocycles. The number of fused-ring (bicyclic) bond motifs is 1. The first-order valence-electron chi connectivity index (χ1n) is 11.3. The molecule has 2 aromatic rings. The minimum atomic E-state index is -4.33. The fourth-order valence-electron chi connectivity index (χ4n) is 5.23. The van der Waals surface area contributed by atoms with E-state index in [2.05, 4.69) is 26.5 Å². The number of nitrogens with zero attached hydrogens (tertiary/aromatic N) is 5. The molecule has 13 heteroatoms. The predicted octanol–water partition coefficient (Wildman–Crippen LogP) is 2.29. The summed E-state index contributed by atoms with van der Waals surface area (Å²) >= 11 is 6.27. The smallest absolute Gasteiger partial charge is 0.350 e. The summed E-state index contributed by atoms with van der Waals surface area (Å²) in [5, 5.41) is 5.36. The Morgan fingerprint density at radius 1 is 1.24 bits per heavy atom. The zero-order chi connectivity index (χ0) is 24.1. The number of hydrogen-bond donors (Lipinski definition) is 2. The van der Waals surface area contributed by atoms with E-state index in [-0.39, 0.29) is 29.8 Å². The van der Waals surface area contributed by atoms with Gasteiger partial charge in [0.2, 0.25) is 5.28 Å². The minimum absolute atomic E-state index is 0.125. The molecule has 2 aliphatic heterocycles. The van der Waals surface area contributed by atoms with Gasteiger partial charge in [0, 0.05) is 24.1 Å². The number of ketones is 1. The average Bonchev–Trinajstić information content (AvgIpc) is 3.27. The average molecular weight is 512 g/mol. The van der Waals surface area contributed by atoms with Gasteiger partial charge < -0.3 is 24.2 Å². The van der Waals surface area contributed by atoms with E-state index < -0.39 is 26.2 Å². The van der Waals surface area contributed by atoms with Gasteiger partial charge in [-0.05, 0) is 24.4 Å². The predicted molar refractivity (Wildman–Crippen MR) is 124 cm³/mol. The summed E-state index contributed by atoms with van der Waals surface area (Å²) < 4.78 is 23.3. The molecule has 11 nitrogen and oxygen atoms in total. The molecule has 3 aliphatic rings. The first-order chi connectivity index (χ1) is 16.1. The van der Waals surface area contributed by atoms with Gasteiger partial charge in [-0.2, -0.15) is 15.1 Å². The molecule has 5 rings (SSSR count). The molecule has 1 spiro atoms. The van der Waals surface area contributed by atoms with Gasteiger partial charge in [-0.25, -0.2) is 4.68 Å². The molecule has 0 radical (unpaired) electrons. The van der Waals surface area contributed by atoms with E-state index in [0.29, 0.717) is 11.1 Å². The van der Waals surface area contributed by atoms with Crippen LogP contribution < -0.4 is 4.90 Å². The second-order valence-electron chi connectivity index (χ2n) is 9.46. The number of rotatable bonds is 7. The van der Waals surface area contributed by atoms with E-state index in [9.17, 15) is 9.36 Å². The Morgan fingerprint density at radius 2 is 1.97 bits per heavy atom. The van der Waals surface area contributed by atoms with E-state index in [1.807, 2.05) is 0 Å². The minimum Gasteiger partial charge on any atom is -0.366 e. The number of anilines is 1.